The fraction of sp³-hybridized carbons (Fsp3) is 0.231. The molecule has 0 unspecified atom stereocenters. The highest BCUT2D eigenvalue weighted by atomic mass is 35.5. The summed E-state index contributed by atoms with van der Waals surface area (Å²) in [4.78, 5) is 7.60. The number of nitrogen functional groups attached to an aromatic ring is 1. The van der Waals surface area contributed by atoms with Crippen molar-refractivity contribution in [3.05, 3.63) is 29.2 Å². The fourth-order valence-corrected chi connectivity index (χ4v) is 2.37. The number of benzene rings is 1. The van der Waals surface area contributed by atoms with Crippen molar-refractivity contribution < 1.29 is 0 Å². The van der Waals surface area contributed by atoms with Crippen LogP contribution in [-0.4, -0.2) is 20.2 Å². The van der Waals surface area contributed by atoms with Crippen molar-refractivity contribution in [1.29, 1.82) is 0 Å². The smallest absolute Gasteiger partial charge is 0.153 e. The molecule has 0 saturated carbocycles. The Hall–Kier alpha value is -1.66. The second-order valence-corrected chi connectivity index (χ2v) is 6.67. The van der Waals surface area contributed by atoms with Crippen LogP contribution >= 0.6 is 24.2 Å². The first-order valence-electron chi connectivity index (χ1n) is 6.08. The Labute approximate surface area is 126 Å². The summed E-state index contributed by atoms with van der Waals surface area (Å²) < 4.78 is -0.385. The van der Waals surface area contributed by atoms with Crippen LogP contribution in [0, 0.1) is 0 Å². The molecule has 2 heterocycles. The molecule has 7 heteroatoms. The molecule has 0 radical (unpaired) electrons. The van der Waals surface area contributed by atoms with Crippen molar-refractivity contribution in [2.45, 2.75) is 18.6 Å². The molecule has 0 saturated heterocycles. The Morgan fingerprint density at radius 1 is 1.35 bits per heavy atom. The second kappa shape index (κ2) is 4.43. The minimum atomic E-state index is -0.385. The second-order valence-electron chi connectivity index (χ2n) is 5.18. The summed E-state index contributed by atoms with van der Waals surface area (Å²) in [6.45, 7) is 3.90. The van der Waals surface area contributed by atoms with Crippen LogP contribution in [0.25, 0.3) is 22.2 Å². The van der Waals surface area contributed by atoms with Crippen LogP contribution in [0.5, 0.6) is 0 Å². The lowest BCUT2D eigenvalue weighted by Crippen LogP contribution is -2.09. The number of hydrogen-bond acceptors (Lipinski definition) is 4. The summed E-state index contributed by atoms with van der Waals surface area (Å²) in [5.41, 5.74) is 8.20. The average Bonchev–Trinajstić information content (AvgIpc) is 2.93. The molecule has 4 N–H and O–H groups in total. The number of nitrogens with two attached hydrogens (primary N) is 1. The zero-order valence-corrected chi connectivity index (χ0v) is 12.7. The number of rotatable bonds is 2. The Balaban J connectivity index is 2.13. The number of aromatic nitrogens is 4. The number of nitrogens with zero attached hydrogens (tertiary/aromatic N) is 2. The van der Waals surface area contributed by atoms with Crippen molar-refractivity contribution >= 4 is 41.0 Å². The van der Waals surface area contributed by atoms with Crippen molar-refractivity contribution in [3.63, 3.8) is 0 Å². The van der Waals surface area contributed by atoms with Crippen LogP contribution in [0.3, 0.4) is 0 Å². The van der Waals surface area contributed by atoms with Gasteiger partial charge < -0.3 is 10.7 Å². The van der Waals surface area contributed by atoms with Gasteiger partial charge in [0.1, 0.15) is 16.7 Å². The van der Waals surface area contributed by atoms with E-state index in [1.165, 1.54) is 0 Å². The molecule has 104 valence electrons. The van der Waals surface area contributed by atoms with Gasteiger partial charge in [-0.25, -0.2) is 4.98 Å². The van der Waals surface area contributed by atoms with Gasteiger partial charge in [0.2, 0.25) is 0 Å². The van der Waals surface area contributed by atoms with Gasteiger partial charge in [0.15, 0.2) is 5.82 Å². The standard InChI is InChI=1S/C13H14ClN5S/c1-13(2,20)12-16-9(10(14)17-12)6-3-4-7-8(5-6)18-19-11(7)15/h3-5,20H,1-2H3,(H,16,17)(H3,15,18,19). The first-order valence-corrected chi connectivity index (χ1v) is 6.91. The highest BCUT2D eigenvalue weighted by Gasteiger charge is 2.22. The molecular formula is C13H14ClN5S. The summed E-state index contributed by atoms with van der Waals surface area (Å²) in [5.74, 6) is 1.21. The Bertz CT molecular complexity index is 784. The van der Waals surface area contributed by atoms with Crippen molar-refractivity contribution in [3.8, 4) is 11.3 Å². The number of nitrogens with one attached hydrogen (secondary N) is 2. The minimum Gasteiger partial charge on any atom is -0.382 e. The Kier molecular flexibility index (Phi) is 2.95. The van der Waals surface area contributed by atoms with E-state index in [-0.39, 0.29) is 4.75 Å². The summed E-state index contributed by atoms with van der Waals surface area (Å²) in [6.07, 6.45) is 0. The average molecular weight is 308 g/mol. The van der Waals surface area contributed by atoms with E-state index in [0.717, 1.165) is 22.3 Å². The van der Waals surface area contributed by atoms with Gasteiger partial charge in [-0.2, -0.15) is 17.7 Å². The van der Waals surface area contributed by atoms with E-state index in [4.69, 9.17) is 17.3 Å². The third kappa shape index (κ3) is 2.14. The van der Waals surface area contributed by atoms with Crippen LogP contribution in [-0.2, 0) is 4.75 Å². The lowest BCUT2D eigenvalue weighted by atomic mass is 10.1. The first kappa shape index (κ1) is 13.3. The number of fused-ring (bicyclic) bond motifs is 1. The monoisotopic (exact) mass is 307 g/mol. The van der Waals surface area contributed by atoms with Crippen LogP contribution in [0.4, 0.5) is 5.82 Å². The molecule has 0 aliphatic carbocycles. The molecule has 0 fully saturated rings. The van der Waals surface area contributed by atoms with Crippen LogP contribution in [0.15, 0.2) is 18.2 Å². The molecule has 20 heavy (non-hydrogen) atoms. The predicted molar refractivity (Wildman–Crippen MR) is 85.1 cm³/mol. The van der Waals surface area contributed by atoms with Crippen LogP contribution in [0.1, 0.15) is 19.7 Å². The van der Waals surface area contributed by atoms with E-state index < -0.39 is 0 Å². The molecule has 2 aromatic heterocycles. The first-order chi connectivity index (χ1) is 9.36. The van der Waals surface area contributed by atoms with Crippen molar-refractivity contribution in [1.82, 2.24) is 20.2 Å². The number of hydrogen-bond donors (Lipinski definition) is 4. The van der Waals surface area contributed by atoms with Crippen molar-refractivity contribution in [2.75, 3.05) is 5.73 Å². The summed E-state index contributed by atoms with van der Waals surface area (Å²) in [5, 5.41) is 8.24. The van der Waals surface area contributed by atoms with Gasteiger partial charge in [-0.1, -0.05) is 17.7 Å². The molecule has 0 bridgehead atoms. The summed E-state index contributed by atoms with van der Waals surface area (Å²) in [6, 6.07) is 5.75. The van der Waals surface area contributed by atoms with Gasteiger partial charge in [-0.3, -0.25) is 5.10 Å². The topological polar surface area (TPSA) is 83.4 Å². The predicted octanol–water partition coefficient (Wildman–Crippen LogP) is 3.35. The maximum absolute atomic E-state index is 6.24. The molecule has 0 atom stereocenters. The summed E-state index contributed by atoms with van der Waals surface area (Å²) >= 11 is 10.7. The van der Waals surface area contributed by atoms with E-state index >= 15 is 0 Å². The molecule has 3 rings (SSSR count). The van der Waals surface area contributed by atoms with Crippen LogP contribution in [0.2, 0.25) is 5.15 Å². The van der Waals surface area contributed by atoms with Gasteiger partial charge in [0.05, 0.1) is 10.3 Å². The lowest BCUT2D eigenvalue weighted by molar-refractivity contribution is 0.730. The number of H-pyrrole nitrogens is 2. The molecule has 1 aromatic carbocycles. The van der Waals surface area contributed by atoms with E-state index in [0.29, 0.717) is 16.7 Å². The van der Waals surface area contributed by atoms with Gasteiger partial charge in [0.25, 0.3) is 0 Å². The molecule has 0 spiro atoms. The van der Waals surface area contributed by atoms with E-state index in [9.17, 15) is 0 Å². The van der Waals surface area contributed by atoms with Gasteiger partial charge >= 0.3 is 0 Å². The SMILES string of the molecule is CC(C)(S)c1nc(-c2ccc3c(N)n[nH]c3c2)c(Cl)[nH]1. The molecule has 3 aromatic rings. The quantitative estimate of drug-likeness (QED) is 0.548. The third-order valence-corrected chi connectivity index (χ3v) is 3.59. The third-order valence-electron chi connectivity index (χ3n) is 3.10. The van der Waals surface area contributed by atoms with Gasteiger partial charge in [-0.05, 0) is 26.0 Å². The Morgan fingerprint density at radius 2 is 2.10 bits per heavy atom. The fourth-order valence-electron chi connectivity index (χ4n) is 2.02. The number of aromatic amines is 2. The highest BCUT2D eigenvalue weighted by molar-refractivity contribution is 7.81. The van der Waals surface area contributed by atoms with Gasteiger partial charge in [-0.15, -0.1) is 0 Å². The normalized spacial score (nSPS) is 12.2. The van der Waals surface area contributed by atoms with E-state index in [1.807, 2.05) is 32.0 Å². The number of imidazole rings is 1. The van der Waals surface area contributed by atoms with E-state index in [2.05, 4.69) is 32.8 Å². The van der Waals surface area contributed by atoms with Crippen molar-refractivity contribution in [2.24, 2.45) is 0 Å². The summed E-state index contributed by atoms with van der Waals surface area (Å²) in [7, 11) is 0. The molecule has 5 nitrogen and oxygen atoms in total. The maximum Gasteiger partial charge on any atom is 0.153 e. The van der Waals surface area contributed by atoms with Gasteiger partial charge in [0, 0.05) is 10.9 Å². The largest absolute Gasteiger partial charge is 0.382 e. The van der Waals surface area contributed by atoms with Crippen LogP contribution < -0.4 is 5.73 Å². The maximum atomic E-state index is 6.24. The molecule has 0 aliphatic heterocycles. The number of anilines is 1. The Morgan fingerprint density at radius 3 is 2.75 bits per heavy atom. The highest BCUT2D eigenvalue weighted by Crippen LogP contribution is 2.33. The zero-order valence-electron chi connectivity index (χ0n) is 11.0. The van der Waals surface area contributed by atoms with E-state index in [1.54, 1.807) is 0 Å². The molecule has 0 amide bonds. The number of halogens is 1. The number of thiol groups is 1. The molecular weight excluding hydrogens is 294 g/mol. The lowest BCUT2D eigenvalue weighted by Gasteiger charge is -2.12. The molecule has 0 aliphatic rings. The zero-order chi connectivity index (χ0) is 14.5. The minimum absolute atomic E-state index is 0.385.